The molecule has 17 heavy (non-hydrogen) atoms. The van der Waals surface area contributed by atoms with Crippen molar-refractivity contribution in [3.8, 4) is 0 Å². The molecule has 1 rings (SSSR count). The highest BCUT2D eigenvalue weighted by Gasteiger charge is 2.18. The van der Waals surface area contributed by atoms with E-state index in [1.54, 1.807) is 0 Å². The first kappa shape index (κ1) is 14.0. The average Bonchev–Trinajstić information content (AvgIpc) is 2.35. The molecule has 96 valence electrons. The van der Waals surface area contributed by atoms with E-state index in [1.807, 2.05) is 0 Å². The molecule has 0 spiro atoms. The van der Waals surface area contributed by atoms with Crippen LogP contribution in [-0.2, 0) is 0 Å². The highest BCUT2D eigenvalue weighted by Crippen LogP contribution is 2.28. The van der Waals surface area contributed by atoms with E-state index >= 15 is 0 Å². The maximum absolute atomic E-state index is 3.47. The van der Waals surface area contributed by atoms with Crippen molar-refractivity contribution >= 4 is 5.69 Å². The molecule has 0 amide bonds. The van der Waals surface area contributed by atoms with Crippen LogP contribution in [0, 0.1) is 5.92 Å². The lowest BCUT2D eigenvalue weighted by Crippen LogP contribution is -2.24. The monoisotopic (exact) mass is 234 g/mol. The second-order valence-corrected chi connectivity index (χ2v) is 4.83. The highest BCUT2D eigenvalue weighted by atomic mass is 15.1. The molecular formula is C15H26N2. The van der Waals surface area contributed by atoms with Crippen molar-refractivity contribution in [2.24, 2.45) is 5.92 Å². The topological polar surface area (TPSA) is 15.3 Å². The first-order valence-electron chi connectivity index (χ1n) is 6.58. The van der Waals surface area contributed by atoms with E-state index in [1.165, 1.54) is 24.1 Å². The summed E-state index contributed by atoms with van der Waals surface area (Å²) in [6.07, 6.45) is 2.43. The predicted molar refractivity (Wildman–Crippen MR) is 76.6 cm³/mol. The Bertz CT molecular complexity index is 329. The molecule has 2 heteroatoms. The van der Waals surface area contributed by atoms with Gasteiger partial charge in [0, 0.05) is 25.8 Å². The molecule has 0 fully saturated rings. The summed E-state index contributed by atoms with van der Waals surface area (Å²) >= 11 is 0. The summed E-state index contributed by atoms with van der Waals surface area (Å²) in [6, 6.07) is 9.29. The van der Waals surface area contributed by atoms with Crippen molar-refractivity contribution < 1.29 is 0 Å². The van der Waals surface area contributed by atoms with E-state index in [2.05, 4.69) is 69.5 Å². The number of benzene rings is 1. The van der Waals surface area contributed by atoms with Crippen LogP contribution in [0.5, 0.6) is 0 Å². The van der Waals surface area contributed by atoms with Gasteiger partial charge < -0.3 is 10.2 Å². The lowest BCUT2D eigenvalue weighted by molar-refractivity contribution is 0.359. The number of nitrogens with one attached hydrogen (secondary N) is 1. The van der Waals surface area contributed by atoms with Gasteiger partial charge in [-0.2, -0.15) is 0 Å². The van der Waals surface area contributed by atoms with E-state index < -0.39 is 0 Å². The smallest absolute Gasteiger partial charge is 0.0364 e. The van der Waals surface area contributed by atoms with Crippen LogP contribution in [0.1, 0.15) is 38.3 Å². The van der Waals surface area contributed by atoms with E-state index in [0.29, 0.717) is 12.0 Å². The summed E-state index contributed by atoms with van der Waals surface area (Å²) in [6.45, 7) is 4.54. The molecule has 2 nitrogen and oxygen atoms in total. The Morgan fingerprint density at radius 1 is 1.18 bits per heavy atom. The van der Waals surface area contributed by atoms with Gasteiger partial charge in [0.25, 0.3) is 0 Å². The Balaban J connectivity index is 2.99. The van der Waals surface area contributed by atoms with Crippen LogP contribution in [0.4, 0.5) is 5.69 Å². The Morgan fingerprint density at radius 3 is 2.29 bits per heavy atom. The van der Waals surface area contributed by atoms with Crippen molar-refractivity contribution in [2.75, 3.05) is 26.0 Å². The van der Waals surface area contributed by atoms with Gasteiger partial charge in [0.15, 0.2) is 0 Å². The van der Waals surface area contributed by atoms with Gasteiger partial charge in [-0.15, -0.1) is 0 Å². The van der Waals surface area contributed by atoms with Gasteiger partial charge in [-0.05, 0) is 30.7 Å². The third kappa shape index (κ3) is 3.47. The van der Waals surface area contributed by atoms with Gasteiger partial charge >= 0.3 is 0 Å². The molecule has 0 aliphatic heterocycles. The summed E-state index contributed by atoms with van der Waals surface area (Å²) in [5.74, 6) is 0.706. The minimum absolute atomic E-state index is 0.463. The average molecular weight is 234 g/mol. The maximum atomic E-state index is 3.47. The van der Waals surface area contributed by atoms with Crippen LogP contribution in [-0.4, -0.2) is 21.1 Å². The lowest BCUT2D eigenvalue weighted by Gasteiger charge is -2.26. The molecule has 0 radical (unpaired) electrons. The maximum Gasteiger partial charge on any atom is 0.0364 e. The summed E-state index contributed by atoms with van der Waals surface area (Å²) in [5, 5.41) is 3.47. The van der Waals surface area contributed by atoms with Crippen LogP contribution < -0.4 is 10.2 Å². The van der Waals surface area contributed by atoms with Gasteiger partial charge in [0.05, 0.1) is 0 Å². The fraction of sp³-hybridized carbons (Fsp3) is 0.600. The van der Waals surface area contributed by atoms with Crippen LogP contribution in [0.15, 0.2) is 24.3 Å². The molecule has 0 aliphatic carbocycles. The van der Waals surface area contributed by atoms with Crippen LogP contribution >= 0.6 is 0 Å². The van der Waals surface area contributed by atoms with E-state index in [-0.39, 0.29) is 0 Å². The standard InChI is InChI=1S/C15H26N2/c1-6-12(7-2)15(16-3)13-9-8-10-14(11-13)17(4)5/h8-12,15-16H,6-7H2,1-5H3. The van der Waals surface area contributed by atoms with Crippen LogP contribution in [0.2, 0.25) is 0 Å². The van der Waals surface area contributed by atoms with Crippen molar-refractivity contribution in [1.29, 1.82) is 0 Å². The Hall–Kier alpha value is -1.02. The normalized spacial score (nSPS) is 12.8. The van der Waals surface area contributed by atoms with Crippen molar-refractivity contribution in [2.45, 2.75) is 32.7 Å². The van der Waals surface area contributed by atoms with Gasteiger partial charge in [-0.1, -0.05) is 38.8 Å². The molecule has 0 aliphatic rings. The fourth-order valence-corrected chi connectivity index (χ4v) is 2.43. The molecule has 1 aromatic carbocycles. The van der Waals surface area contributed by atoms with Crippen molar-refractivity contribution in [3.05, 3.63) is 29.8 Å². The van der Waals surface area contributed by atoms with Crippen molar-refractivity contribution in [1.82, 2.24) is 5.32 Å². The van der Waals surface area contributed by atoms with E-state index in [9.17, 15) is 0 Å². The molecule has 1 unspecified atom stereocenters. The molecule has 0 bridgehead atoms. The van der Waals surface area contributed by atoms with Gasteiger partial charge in [0.1, 0.15) is 0 Å². The van der Waals surface area contributed by atoms with Crippen LogP contribution in [0.25, 0.3) is 0 Å². The predicted octanol–water partition coefficient (Wildman–Crippen LogP) is 3.45. The molecule has 0 saturated heterocycles. The first-order chi connectivity index (χ1) is 8.13. The Morgan fingerprint density at radius 2 is 1.82 bits per heavy atom. The molecule has 0 aromatic heterocycles. The quantitative estimate of drug-likeness (QED) is 0.811. The first-order valence-corrected chi connectivity index (χ1v) is 6.58. The van der Waals surface area contributed by atoms with Gasteiger partial charge in [-0.25, -0.2) is 0 Å². The molecular weight excluding hydrogens is 208 g/mol. The summed E-state index contributed by atoms with van der Waals surface area (Å²) < 4.78 is 0. The molecule has 1 N–H and O–H groups in total. The SMILES string of the molecule is CCC(CC)C(NC)c1cccc(N(C)C)c1. The Labute approximate surface area is 106 Å². The van der Waals surface area contributed by atoms with Gasteiger partial charge in [0.2, 0.25) is 0 Å². The summed E-state index contributed by atoms with van der Waals surface area (Å²) in [4.78, 5) is 2.16. The van der Waals surface area contributed by atoms with Crippen LogP contribution in [0.3, 0.4) is 0 Å². The number of anilines is 1. The second kappa shape index (κ2) is 6.65. The second-order valence-electron chi connectivity index (χ2n) is 4.83. The molecule has 0 heterocycles. The van der Waals surface area contributed by atoms with Crippen molar-refractivity contribution in [3.63, 3.8) is 0 Å². The Kier molecular flexibility index (Phi) is 5.49. The minimum atomic E-state index is 0.463. The number of hydrogen-bond donors (Lipinski definition) is 1. The van der Waals surface area contributed by atoms with E-state index in [4.69, 9.17) is 0 Å². The number of nitrogens with zero attached hydrogens (tertiary/aromatic N) is 1. The molecule has 1 aromatic rings. The third-order valence-corrected chi connectivity index (χ3v) is 3.58. The number of hydrogen-bond acceptors (Lipinski definition) is 2. The zero-order valence-corrected chi connectivity index (χ0v) is 11.8. The van der Waals surface area contributed by atoms with Gasteiger partial charge in [-0.3, -0.25) is 0 Å². The summed E-state index contributed by atoms with van der Waals surface area (Å²) in [7, 11) is 6.24. The summed E-state index contributed by atoms with van der Waals surface area (Å²) in [5.41, 5.74) is 2.67. The zero-order chi connectivity index (χ0) is 12.8. The molecule has 1 atom stereocenters. The lowest BCUT2D eigenvalue weighted by atomic mass is 9.89. The zero-order valence-electron chi connectivity index (χ0n) is 11.8. The molecule has 0 saturated carbocycles. The number of rotatable bonds is 6. The van der Waals surface area contributed by atoms with E-state index in [0.717, 1.165) is 0 Å². The fourth-order valence-electron chi connectivity index (χ4n) is 2.43. The largest absolute Gasteiger partial charge is 0.378 e. The third-order valence-electron chi connectivity index (χ3n) is 3.58. The highest BCUT2D eigenvalue weighted by molar-refractivity contribution is 5.47. The minimum Gasteiger partial charge on any atom is -0.378 e.